The van der Waals surface area contributed by atoms with E-state index in [-0.39, 0.29) is 19.1 Å². The number of nitrogens with one attached hydrogen (secondary N) is 2. The molecular formula is C9H20N2O3. The standard InChI is InChI=1S/C9H20N2O3/c1-7(2)10-4-3-9(14)11-8(5-12)6-13/h7-8,10,12-13H,3-6H2,1-2H3,(H,11,14). The molecule has 5 nitrogen and oxygen atoms in total. The lowest BCUT2D eigenvalue weighted by Gasteiger charge is -2.13. The van der Waals surface area contributed by atoms with Gasteiger partial charge in [0.25, 0.3) is 0 Å². The topological polar surface area (TPSA) is 81.6 Å². The van der Waals surface area contributed by atoms with Crippen LogP contribution in [0.1, 0.15) is 20.3 Å². The Morgan fingerprint density at radius 3 is 2.29 bits per heavy atom. The van der Waals surface area contributed by atoms with Crippen LogP contribution in [0.5, 0.6) is 0 Å². The highest BCUT2D eigenvalue weighted by Crippen LogP contribution is 1.85. The number of aliphatic hydroxyl groups is 2. The minimum absolute atomic E-state index is 0.161. The molecule has 14 heavy (non-hydrogen) atoms. The van der Waals surface area contributed by atoms with Crippen LogP contribution >= 0.6 is 0 Å². The summed E-state index contributed by atoms with van der Waals surface area (Å²) in [4.78, 5) is 11.2. The maximum absolute atomic E-state index is 11.2. The molecule has 0 unspecified atom stereocenters. The van der Waals surface area contributed by atoms with Crippen molar-refractivity contribution in [3.63, 3.8) is 0 Å². The van der Waals surface area contributed by atoms with Crippen molar-refractivity contribution in [2.45, 2.75) is 32.4 Å². The molecule has 0 spiro atoms. The number of rotatable bonds is 7. The molecule has 0 heterocycles. The minimum Gasteiger partial charge on any atom is -0.394 e. The number of hydrogen-bond acceptors (Lipinski definition) is 4. The molecular weight excluding hydrogens is 184 g/mol. The van der Waals surface area contributed by atoms with Crippen LogP contribution in [-0.2, 0) is 4.79 Å². The summed E-state index contributed by atoms with van der Waals surface area (Å²) in [5, 5.41) is 23.0. The first-order chi connectivity index (χ1) is 6.60. The average molecular weight is 204 g/mol. The zero-order valence-electron chi connectivity index (χ0n) is 8.79. The Hall–Kier alpha value is -0.650. The molecule has 0 aromatic heterocycles. The van der Waals surface area contributed by atoms with Gasteiger partial charge in [-0.1, -0.05) is 13.8 Å². The number of amides is 1. The lowest BCUT2D eigenvalue weighted by molar-refractivity contribution is -0.122. The molecule has 0 saturated carbocycles. The predicted molar refractivity (Wildman–Crippen MR) is 53.9 cm³/mol. The second-order valence-electron chi connectivity index (χ2n) is 3.49. The van der Waals surface area contributed by atoms with Gasteiger partial charge in [0.2, 0.25) is 5.91 Å². The molecule has 0 saturated heterocycles. The summed E-state index contributed by atoms with van der Waals surface area (Å²) in [7, 11) is 0. The average Bonchev–Trinajstić information content (AvgIpc) is 2.13. The third-order valence-corrected chi connectivity index (χ3v) is 1.71. The lowest BCUT2D eigenvalue weighted by atomic mass is 10.3. The van der Waals surface area contributed by atoms with Gasteiger partial charge in [-0.3, -0.25) is 4.79 Å². The van der Waals surface area contributed by atoms with Crippen LogP contribution in [-0.4, -0.2) is 48.0 Å². The van der Waals surface area contributed by atoms with E-state index in [0.29, 0.717) is 19.0 Å². The predicted octanol–water partition coefficient (Wildman–Crippen LogP) is -1.16. The first-order valence-electron chi connectivity index (χ1n) is 4.84. The number of aliphatic hydroxyl groups excluding tert-OH is 2. The van der Waals surface area contributed by atoms with Crippen molar-refractivity contribution in [1.29, 1.82) is 0 Å². The summed E-state index contributed by atoms with van der Waals surface area (Å²) in [6.07, 6.45) is 0.356. The van der Waals surface area contributed by atoms with Crippen molar-refractivity contribution >= 4 is 5.91 Å². The third kappa shape index (κ3) is 6.82. The van der Waals surface area contributed by atoms with Gasteiger partial charge >= 0.3 is 0 Å². The fourth-order valence-corrected chi connectivity index (χ4v) is 0.923. The van der Waals surface area contributed by atoms with Gasteiger partial charge in [0.15, 0.2) is 0 Å². The summed E-state index contributed by atoms with van der Waals surface area (Å²) >= 11 is 0. The third-order valence-electron chi connectivity index (χ3n) is 1.71. The van der Waals surface area contributed by atoms with E-state index in [9.17, 15) is 4.79 Å². The molecule has 0 aliphatic carbocycles. The molecule has 0 bridgehead atoms. The highest BCUT2D eigenvalue weighted by molar-refractivity contribution is 5.76. The van der Waals surface area contributed by atoms with Gasteiger partial charge in [-0.25, -0.2) is 0 Å². The van der Waals surface area contributed by atoms with E-state index in [4.69, 9.17) is 10.2 Å². The Morgan fingerprint density at radius 1 is 1.29 bits per heavy atom. The van der Waals surface area contributed by atoms with Crippen molar-refractivity contribution in [2.75, 3.05) is 19.8 Å². The molecule has 0 aliphatic heterocycles. The molecule has 0 rings (SSSR count). The van der Waals surface area contributed by atoms with E-state index in [0.717, 1.165) is 0 Å². The van der Waals surface area contributed by atoms with Crippen LogP contribution in [0.2, 0.25) is 0 Å². The van der Waals surface area contributed by atoms with Crippen LogP contribution in [0.25, 0.3) is 0 Å². The Balaban J connectivity index is 3.54. The van der Waals surface area contributed by atoms with Crippen molar-refractivity contribution in [3.8, 4) is 0 Å². The summed E-state index contributed by atoms with van der Waals surface area (Å²) in [6.45, 7) is 4.14. The molecule has 0 aromatic carbocycles. The molecule has 4 N–H and O–H groups in total. The first-order valence-corrected chi connectivity index (χ1v) is 4.84. The summed E-state index contributed by atoms with van der Waals surface area (Å²) in [6, 6.07) is -0.184. The Bertz CT molecular complexity index is 158. The Kier molecular flexibility index (Phi) is 7.37. The fraction of sp³-hybridized carbons (Fsp3) is 0.889. The van der Waals surface area contributed by atoms with Gasteiger partial charge in [0.05, 0.1) is 19.3 Å². The lowest BCUT2D eigenvalue weighted by Crippen LogP contribution is -2.41. The van der Waals surface area contributed by atoms with Gasteiger partial charge in [-0.05, 0) is 0 Å². The van der Waals surface area contributed by atoms with E-state index in [1.807, 2.05) is 13.8 Å². The van der Waals surface area contributed by atoms with E-state index in [2.05, 4.69) is 10.6 Å². The van der Waals surface area contributed by atoms with Gasteiger partial charge in [-0.15, -0.1) is 0 Å². The molecule has 0 atom stereocenters. The monoisotopic (exact) mass is 204 g/mol. The highest BCUT2D eigenvalue weighted by Gasteiger charge is 2.09. The molecule has 0 aromatic rings. The van der Waals surface area contributed by atoms with Gasteiger partial charge in [0, 0.05) is 19.0 Å². The Morgan fingerprint density at radius 2 is 1.86 bits per heavy atom. The van der Waals surface area contributed by atoms with Crippen LogP contribution in [0.15, 0.2) is 0 Å². The van der Waals surface area contributed by atoms with E-state index >= 15 is 0 Å². The fourth-order valence-electron chi connectivity index (χ4n) is 0.923. The van der Waals surface area contributed by atoms with E-state index in [1.54, 1.807) is 0 Å². The van der Waals surface area contributed by atoms with E-state index in [1.165, 1.54) is 0 Å². The highest BCUT2D eigenvalue weighted by atomic mass is 16.3. The zero-order chi connectivity index (χ0) is 11.0. The molecule has 0 radical (unpaired) electrons. The number of carbonyl (C=O) groups is 1. The maximum Gasteiger partial charge on any atom is 0.221 e. The molecule has 0 fully saturated rings. The second kappa shape index (κ2) is 7.73. The van der Waals surface area contributed by atoms with Crippen molar-refractivity contribution < 1.29 is 15.0 Å². The quantitative estimate of drug-likeness (QED) is 0.422. The zero-order valence-corrected chi connectivity index (χ0v) is 8.79. The van der Waals surface area contributed by atoms with Crippen molar-refractivity contribution in [1.82, 2.24) is 10.6 Å². The van der Waals surface area contributed by atoms with Crippen LogP contribution in [0.3, 0.4) is 0 Å². The summed E-state index contributed by atoms with van der Waals surface area (Å²) in [5.41, 5.74) is 0. The smallest absolute Gasteiger partial charge is 0.221 e. The SMILES string of the molecule is CC(C)NCCC(=O)NC(CO)CO. The van der Waals surface area contributed by atoms with E-state index < -0.39 is 6.04 Å². The Labute approximate surface area is 84.5 Å². The largest absolute Gasteiger partial charge is 0.394 e. The number of carbonyl (C=O) groups excluding carboxylic acids is 1. The summed E-state index contributed by atoms with van der Waals surface area (Å²) in [5.74, 6) is -0.161. The molecule has 84 valence electrons. The van der Waals surface area contributed by atoms with Crippen LogP contribution in [0, 0.1) is 0 Å². The molecule has 5 heteroatoms. The maximum atomic E-state index is 11.2. The molecule has 1 amide bonds. The van der Waals surface area contributed by atoms with Crippen molar-refractivity contribution in [2.24, 2.45) is 0 Å². The molecule has 0 aliphatic rings. The van der Waals surface area contributed by atoms with Crippen LogP contribution < -0.4 is 10.6 Å². The van der Waals surface area contributed by atoms with Gasteiger partial charge in [-0.2, -0.15) is 0 Å². The van der Waals surface area contributed by atoms with Gasteiger partial charge < -0.3 is 20.8 Å². The summed E-state index contributed by atoms with van der Waals surface area (Å²) < 4.78 is 0. The van der Waals surface area contributed by atoms with Crippen molar-refractivity contribution in [3.05, 3.63) is 0 Å². The normalized spacial score (nSPS) is 11.0. The second-order valence-corrected chi connectivity index (χ2v) is 3.49. The first kappa shape index (κ1) is 13.4. The van der Waals surface area contributed by atoms with Crippen LogP contribution in [0.4, 0.5) is 0 Å². The number of hydrogen-bond donors (Lipinski definition) is 4. The minimum atomic E-state index is -0.540. The van der Waals surface area contributed by atoms with Gasteiger partial charge in [0.1, 0.15) is 0 Å².